The number of aromatic nitrogens is 4. The van der Waals surface area contributed by atoms with Crippen LogP contribution in [0.4, 0.5) is 10.3 Å². The maximum atomic E-state index is 13.4. The highest BCUT2D eigenvalue weighted by Gasteiger charge is 2.34. The second-order valence-corrected chi connectivity index (χ2v) is 8.98. The maximum Gasteiger partial charge on any atom is 0.231 e. The minimum atomic E-state index is -0.256. The molecule has 0 amide bonds. The van der Waals surface area contributed by atoms with E-state index in [1.807, 2.05) is 12.1 Å². The predicted octanol–water partition coefficient (Wildman–Crippen LogP) is 4.25. The van der Waals surface area contributed by atoms with Gasteiger partial charge in [0.2, 0.25) is 5.95 Å². The summed E-state index contributed by atoms with van der Waals surface area (Å²) in [6.45, 7) is 1.84. The number of hydrogen-bond donors (Lipinski definition) is 2. The van der Waals surface area contributed by atoms with Crippen molar-refractivity contribution in [2.75, 3.05) is 25.1 Å². The fourth-order valence-electron chi connectivity index (χ4n) is 3.47. The summed E-state index contributed by atoms with van der Waals surface area (Å²) in [7, 11) is 0. The molecule has 0 saturated carbocycles. The van der Waals surface area contributed by atoms with Gasteiger partial charge in [-0.25, -0.2) is 24.3 Å². The summed E-state index contributed by atoms with van der Waals surface area (Å²) in [6, 6.07) is 10.0. The Morgan fingerprint density at radius 2 is 1.88 bits per heavy atom. The summed E-state index contributed by atoms with van der Waals surface area (Å²) in [4.78, 5) is 17.0. The number of ether oxygens (including phenoxy) is 1. The topological polar surface area (TPSA) is 84.9 Å². The molecule has 166 valence electrons. The van der Waals surface area contributed by atoms with E-state index in [1.165, 1.54) is 23.9 Å². The lowest BCUT2D eigenvalue weighted by Crippen LogP contribution is -2.45. The number of benzene rings is 1. The fraction of sp³-hybridized carbons (Fsp3) is 0.286. The van der Waals surface area contributed by atoms with Gasteiger partial charge in [-0.2, -0.15) is 0 Å². The zero-order valence-corrected chi connectivity index (χ0v) is 19.3. The minimum Gasteiger partial charge on any atom is -0.381 e. The Morgan fingerprint density at radius 3 is 2.59 bits per heavy atom. The van der Waals surface area contributed by atoms with Gasteiger partial charge in [-0.1, -0.05) is 23.7 Å². The molecule has 1 aromatic carbocycles. The Bertz CT molecular complexity index is 1070. The molecule has 32 heavy (non-hydrogen) atoms. The van der Waals surface area contributed by atoms with Crippen molar-refractivity contribution in [2.45, 2.75) is 28.4 Å². The number of thiocarbonyl (C=S) groups is 1. The lowest BCUT2D eigenvalue weighted by Gasteiger charge is -2.38. The smallest absolute Gasteiger partial charge is 0.231 e. The minimum absolute atomic E-state index is 0.210. The van der Waals surface area contributed by atoms with Gasteiger partial charge < -0.3 is 15.4 Å². The summed E-state index contributed by atoms with van der Waals surface area (Å²) >= 11 is 12.9. The SMILES string of the molecule is Fc1ccc(C2(CNC(=S)Nc3nc(Cl)cc(Sc4ncccn4)n3)CCOCC2)cc1. The molecule has 7 nitrogen and oxygen atoms in total. The van der Waals surface area contributed by atoms with Gasteiger partial charge >= 0.3 is 0 Å². The summed E-state index contributed by atoms with van der Waals surface area (Å²) < 4.78 is 19.0. The van der Waals surface area contributed by atoms with E-state index in [-0.39, 0.29) is 22.3 Å². The number of nitrogens with one attached hydrogen (secondary N) is 2. The fourth-order valence-corrected chi connectivity index (χ4v) is 4.59. The molecule has 1 saturated heterocycles. The molecule has 2 aromatic heterocycles. The van der Waals surface area contributed by atoms with E-state index in [2.05, 4.69) is 30.6 Å². The molecule has 1 aliphatic rings. The highest BCUT2D eigenvalue weighted by molar-refractivity contribution is 7.99. The molecule has 0 bridgehead atoms. The zero-order valence-electron chi connectivity index (χ0n) is 16.9. The highest BCUT2D eigenvalue weighted by atomic mass is 35.5. The first-order chi connectivity index (χ1) is 15.5. The van der Waals surface area contributed by atoms with E-state index in [9.17, 15) is 4.39 Å². The summed E-state index contributed by atoms with van der Waals surface area (Å²) in [5, 5.41) is 8.04. The molecule has 0 atom stereocenters. The van der Waals surface area contributed by atoms with Crippen LogP contribution in [0.15, 0.2) is 59.0 Å². The van der Waals surface area contributed by atoms with Crippen molar-refractivity contribution < 1.29 is 9.13 Å². The molecule has 3 heterocycles. The number of anilines is 1. The van der Waals surface area contributed by atoms with E-state index >= 15 is 0 Å². The Labute approximate surface area is 199 Å². The van der Waals surface area contributed by atoms with Gasteiger partial charge in [-0.15, -0.1) is 0 Å². The lowest BCUT2D eigenvalue weighted by atomic mass is 9.74. The van der Waals surface area contributed by atoms with Crippen LogP contribution in [0.5, 0.6) is 0 Å². The monoisotopic (exact) mass is 490 g/mol. The molecule has 4 rings (SSSR count). The van der Waals surface area contributed by atoms with Gasteiger partial charge in [0.1, 0.15) is 16.0 Å². The largest absolute Gasteiger partial charge is 0.381 e. The van der Waals surface area contributed by atoms with Crippen molar-refractivity contribution in [3.8, 4) is 0 Å². The second kappa shape index (κ2) is 10.5. The van der Waals surface area contributed by atoms with E-state index < -0.39 is 0 Å². The molecule has 1 fully saturated rings. The summed E-state index contributed by atoms with van der Waals surface area (Å²) in [6.07, 6.45) is 4.92. The van der Waals surface area contributed by atoms with Gasteiger partial charge in [-0.3, -0.25) is 0 Å². The van der Waals surface area contributed by atoms with E-state index in [0.29, 0.717) is 35.1 Å². The predicted molar refractivity (Wildman–Crippen MR) is 126 cm³/mol. The molecule has 3 aromatic rings. The van der Waals surface area contributed by atoms with Crippen molar-refractivity contribution in [3.63, 3.8) is 0 Å². The molecule has 11 heteroatoms. The number of nitrogens with zero attached hydrogens (tertiary/aromatic N) is 4. The number of rotatable bonds is 6. The van der Waals surface area contributed by atoms with Crippen LogP contribution in [0.3, 0.4) is 0 Å². The van der Waals surface area contributed by atoms with Crippen LogP contribution >= 0.6 is 35.6 Å². The van der Waals surface area contributed by atoms with Crippen LogP contribution in [0, 0.1) is 5.82 Å². The van der Waals surface area contributed by atoms with Crippen molar-refractivity contribution in [1.29, 1.82) is 0 Å². The number of hydrogen-bond acceptors (Lipinski definition) is 7. The lowest BCUT2D eigenvalue weighted by molar-refractivity contribution is 0.0515. The van der Waals surface area contributed by atoms with E-state index in [4.69, 9.17) is 28.6 Å². The standard InChI is InChI=1S/C21H20ClFN6OS2/c22-16-12-17(32-20-24-8-1-9-25-20)28-18(27-16)29-19(31)26-13-21(6-10-30-11-7-21)14-2-4-15(23)5-3-14/h1-5,8-9,12H,6-7,10-11,13H2,(H2,26,27,28,29,31). The Morgan fingerprint density at radius 1 is 1.16 bits per heavy atom. The third kappa shape index (κ3) is 5.89. The average Bonchev–Trinajstić information content (AvgIpc) is 2.79. The molecule has 0 aliphatic carbocycles. The highest BCUT2D eigenvalue weighted by Crippen LogP contribution is 2.34. The molecule has 1 aliphatic heterocycles. The average molecular weight is 491 g/mol. The van der Waals surface area contributed by atoms with Crippen LogP contribution in [0.2, 0.25) is 5.15 Å². The second-order valence-electron chi connectivity index (χ2n) is 7.19. The van der Waals surface area contributed by atoms with Gasteiger partial charge in [0.15, 0.2) is 10.3 Å². The van der Waals surface area contributed by atoms with Crippen LogP contribution in [-0.4, -0.2) is 44.8 Å². The number of halogens is 2. The van der Waals surface area contributed by atoms with Gasteiger partial charge in [0.25, 0.3) is 0 Å². The van der Waals surface area contributed by atoms with Crippen LogP contribution in [0.25, 0.3) is 0 Å². The Hall–Kier alpha value is -2.40. The molecule has 0 radical (unpaired) electrons. The van der Waals surface area contributed by atoms with Gasteiger partial charge in [-0.05, 0) is 60.6 Å². The molecular formula is C21H20ClFN6OS2. The van der Waals surface area contributed by atoms with Crippen LogP contribution in [-0.2, 0) is 10.2 Å². The Balaban J connectivity index is 1.43. The summed E-state index contributed by atoms with van der Waals surface area (Å²) in [5.41, 5.74) is 0.844. The van der Waals surface area contributed by atoms with E-state index in [1.54, 1.807) is 24.5 Å². The first-order valence-electron chi connectivity index (χ1n) is 9.91. The van der Waals surface area contributed by atoms with Gasteiger partial charge in [0.05, 0.1) is 0 Å². The normalized spacial score (nSPS) is 15.2. The molecular weight excluding hydrogens is 471 g/mol. The van der Waals surface area contributed by atoms with Crippen LogP contribution in [0.1, 0.15) is 18.4 Å². The third-order valence-electron chi connectivity index (χ3n) is 5.13. The van der Waals surface area contributed by atoms with Crippen molar-refractivity contribution in [2.24, 2.45) is 0 Å². The molecule has 0 unspecified atom stereocenters. The Kier molecular flexibility index (Phi) is 7.46. The third-order valence-corrected chi connectivity index (χ3v) is 6.38. The molecule has 0 spiro atoms. The van der Waals surface area contributed by atoms with Crippen LogP contribution < -0.4 is 10.6 Å². The quantitative estimate of drug-likeness (QED) is 0.299. The first kappa shape index (κ1) is 22.8. The first-order valence-corrected chi connectivity index (χ1v) is 11.5. The van der Waals surface area contributed by atoms with Crippen molar-refractivity contribution in [1.82, 2.24) is 25.3 Å². The zero-order chi connectivity index (χ0) is 22.4. The summed E-state index contributed by atoms with van der Waals surface area (Å²) in [5.74, 6) is 0.0185. The maximum absolute atomic E-state index is 13.4. The van der Waals surface area contributed by atoms with Crippen molar-refractivity contribution in [3.05, 3.63) is 65.3 Å². The van der Waals surface area contributed by atoms with Crippen molar-refractivity contribution >= 4 is 46.6 Å². The molecule has 2 N–H and O–H groups in total. The van der Waals surface area contributed by atoms with Gasteiger partial charge in [0, 0.05) is 43.6 Å². The van der Waals surface area contributed by atoms with E-state index in [0.717, 1.165) is 18.4 Å².